The number of hydrogen-bond acceptors (Lipinski definition) is 8. The van der Waals surface area contributed by atoms with E-state index in [0.717, 1.165) is 83.5 Å². The summed E-state index contributed by atoms with van der Waals surface area (Å²) in [7, 11) is -4.63. The van der Waals surface area contributed by atoms with Gasteiger partial charge < -0.3 is 25.2 Å². The van der Waals surface area contributed by atoms with Gasteiger partial charge >= 0.3 is 19.8 Å². The predicted octanol–water partition coefficient (Wildman–Crippen LogP) is 14.0. The monoisotopic (exact) mass is 880 g/mol. The summed E-state index contributed by atoms with van der Waals surface area (Å²) >= 11 is 0. The van der Waals surface area contributed by atoms with Crippen LogP contribution >= 0.6 is 7.82 Å². The second-order valence-corrected chi connectivity index (χ2v) is 17.7. The van der Waals surface area contributed by atoms with Gasteiger partial charge in [0, 0.05) is 13.0 Å². The van der Waals surface area contributed by atoms with Crippen LogP contribution in [0.4, 0.5) is 0 Å². The fourth-order valence-corrected chi connectivity index (χ4v) is 7.35. The van der Waals surface area contributed by atoms with E-state index >= 15 is 0 Å². The highest BCUT2D eigenvalue weighted by Crippen LogP contribution is 2.43. The van der Waals surface area contributed by atoms with Gasteiger partial charge in [-0.25, -0.2) is 4.57 Å². The maximum Gasteiger partial charge on any atom is 0.472 e. The molecule has 11 heteroatoms. The Bertz CT molecular complexity index is 1200. The number of carbonyl (C=O) groups excluding carboxylic acids is 1. The molecule has 0 aromatic rings. The number of esters is 1. The van der Waals surface area contributed by atoms with Crippen LogP contribution in [0, 0.1) is 0 Å². The van der Waals surface area contributed by atoms with Crippen LogP contribution in [0.25, 0.3) is 0 Å². The lowest BCUT2D eigenvalue weighted by Crippen LogP contribution is -2.34. The van der Waals surface area contributed by atoms with E-state index in [2.05, 4.69) is 74.6 Å². The smallest absolute Gasteiger partial charge is 0.472 e. The fourth-order valence-electron chi connectivity index (χ4n) is 6.57. The Morgan fingerprint density at radius 1 is 0.541 bits per heavy atom. The third-order valence-corrected chi connectivity index (χ3v) is 11.3. The Kier molecular flexibility index (Phi) is 43.9. The number of allylic oxidation sites excluding steroid dienone is 10. The van der Waals surface area contributed by atoms with E-state index in [1.165, 1.54) is 96.3 Å². The summed E-state index contributed by atoms with van der Waals surface area (Å²) in [4.78, 5) is 33.6. The molecule has 0 heterocycles. The first-order valence-corrected chi connectivity index (χ1v) is 25.8. The van der Waals surface area contributed by atoms with E-state index in [0.29, 0.717) is 13.0 Å². The number of ether oxygens (including phenoxy) is 2. The second kappa shape index (κ2) is 45.7. The number of carbonyl (C=O) groups is 2. The number of carboxylic acid groups (broad SMARTS) is 1. The minimum atomic E-state index is -4.63. The van der Waals surface area contributed by atoms with Crippen LogP contribution in [-0.2, 0) is 32.7 Å². The van der Waals surface area contributed by atoms with Crippen LogP contribution < -0.4 is 5.73 Å². The molecule has 0 aromatic heterocycles. The Hall–Kier alpha value is -2.33. The molecule has 61 heavy (non-hydrogen) atoms. The molecule has 0 saturated carbocycles. The number of nitrogens with two attached hydrogens (primary N) is 1. The van der Waals surface area contributed by atoms with E-state index < -0.39 is 45.1 Å². The van der Waals surface area contributed by atoms with Crippen molar-refractivity contribution in [2.45, 2.75) is 219 Å². The molecule has 4 N–H and O–H groups in total. The molecular formula is C50H90NO9P. The second-order valence-electron chi connectivity index (χ2n) is 16.2. The summed E-state index contributed by atoms with van der Waals surface area (Å²) in [6, 6.07) is -1.48. The first-order chi connectivity index (χ1) is 29.7. The first kappa shape index (κ1) is 58.7. The molecule has 0 saturated heterocycles. The average Bonchev–Trinajstić information content (AvgIpc) is 3.24. The van der Waals surface area contributed by atoms with Crippen molar-refractivity contribution in [1.29, 1.82) is 0 Å². The van der Waals surface area contributed by atoms with Gasteiger partial charge in [0.15, 0.2) is 0 Å². The normalized spacial score (nSPS) is 14.3. The maximum absolute atomic E-state index is 12.7. The van der Waals surface area contributed by atoms with Crippen LogP contribution in [0.5, 0.6) is 0 Å². The fraction of sp³-hybridized carbons (Fsp3) is 0.760. The van der Waals surface area contributed by atoms with E-state index in [1.807, 2.05) is 0 Å². The third kappa shape index (κ3) is 45.5. The zero-order valence-corrected chi connectivity index (χ0v) is 39.6. The predicted molar refractivity (Wildman–Crippen MR) is 254 cm³/mol. The molecule has 10 nitrogen and oxygen atoms in total. The van der Waals surface area contributed by atoms with Crippen LogP contribution in [0.3, 0.4) is 0 Å². The van der Waals surface area contributed by atoms with Crippen molar-refractivity contribution in [3.63, 3.8) is 0 Å². The molecule has 0 aliphatic rings. The molecular weight excluding hydrogens is 790 g/mol. The number of hydrogen-bond donors (Lipinski definition) is 3. The Balaban J connectivity index is 4.22. The lowest BCUT2D eigenvalue weighted by molar-refractivity contribution is -0.154. The standard InChI is InChI=1S/C50H90NO9P/c1-3-5-7-9-11-13-15-17-19-21-23-24-25-26-28-30-32-34-36-38-40-42-49(52)60-47(45-58-61(55,56)59-46-48(51)50(53)54)44-57-43-41-39-37-35-33-31-29-27-22-20-18-16-14-12-10-8-6-4-2/h5,7,11,13,17,19,23-24,26,28,47-48H,3-4,6,8-10,12,14-16,18,20-22,25,27,29-46,51H2,1-2H3,(H,53,54)(H,55,56)/b7-5-,13-11-,19-17-,24-23-,28-26-. The Morgan fingerprint density at radius 2 is 0.951 bits per heavy atom. The van der Waals surface area contributed by atoms with Gasteiger partial charge in [0.05, 0.1) is 19.8 Å². The van der Waals surface area contributed by atoms with Crippen LogP contribution in [0.1, 0.15) is 206 Å². The zero-order valence-electron chi connectivity index (χ0n) is 38.7. The number of unbranched alkanes of at least 4 members (excludes halogenated alkanes) is 22. The van der Waals surface area contributed by atoms with Crippen molar-refractivity contribution >= 4 is 19.8 Å². The topological polar surface area (TPSA) is 155 Å². The first-order valence-electron chi connectivity index (χ1n) is 24.3. The van der Waals surface area contributed by atoms with Crippen molar-refractivity contribution in [2.75, 3.05) is 26.4 Å². The summed E-state index contributed by atoms with van der Waals surface area (Å²) in [6.45, 7) is 3.77. The summed E-state index contributed by atoms with van der Waals surface area (Å²) in [6.07, 6.45) is 55.6. The van der Waals surface area contributed by atoms with Crippen LogP contribution in [0.15, 0.2) is 60.8 Å². The van der Waals surface area contributed by atoms with Gasteiger partial charge in [0.2, 0.25) is 0 Å². The highest BCUT2D eigenvalue weighted by atomic mass is 31.2. The number of phosphoric ester groups is 1. The van der Waals surface area contributed by atoms with Crippen molar-refractivity contribution < 1.29 is 42.7 Å². The summed E-state index contributed by atoms with van der Waals surface area (Å²) in [5.74, 6) is -1.80. The number of phosphoric acid groups is 1. The van der Waals surface area contributed by atoms with Crippen molar-refractivity contribution in [3.05, 3.63) is 60.8 Å². The van der Waals surface area contributed by atoms with Gasteiger partial charge in [-0.2, -0.15) is 0 Å². The molecule has 3 atom stereocenters. The van der Waals surface area contributed by atoms with Gasteiger partial charge in [0.1, 0.15) is 12.1 Å². The summed E-state index contributed by atoms with van der Waals surface area (Å²) in [5, 5.41) is 8.92. The van der Waals surface area contributed by atoms with Crippen molar-refractivity contribution in [1.82, 2.24) is 0 Å². The van der Waals surface area contributed by atoms with Gasteiger partial charge in [-0.1, -0.05) is 203 Å². The van der Waals surface area contributed by atoms with E-state index in [1.54, 1.807) is 0 Å². The molecule has 0 spiro atoms. The molecule has 0 aliphatic carbocycles. The molecule has 0 rings (SSSR count). The zero-order chi connectivity index (χ0) is 44.8. The number of rotatable bonds is 46. The maximum atomic E-state index is 12.7. The summed E-state index contributed by atoms with van der Waals surface area (Å²) < 4.78 is 33.5. The quantitative estimate of drug-likeness (QED) is 0.0233. The van der Waals surface area contributed by atoms with E-state index in [4.69, 9.17) is 29.4 Å². The Labute approximate surface area is 372 Å². The number of aliphatic carboxylic acids is 1. The SMILES string of the molecule is CC/C=C\C/C=C\C/C=C\C/C=C\C/C=C\CCCCCCCC(=O)OC(COCCCCCCCCCCCCCCCCCCCC)COP(=O)(O)OCC(N)C(=O)O. The minimum absolute atomic E-state index is 0.00907. The third-order valence-electron chi connectivity index (χ3n) is 10.3. The molecule has 354 valence electrons. The lowest BCUT2D eigenvalue weighted by atomic mass is 10.0. The van der Waals surface area contributed by atoms with Crippen LogP contribution in [0.2, 0.25) is 0 Å². The molecule has 0 aromatic carbocycles. The van der Waals surface area contributed by atoms with E-state index in [9.17, 15) is 19.0 Å². The van der Waals surface area contributed by atoms with E-state index in [-0.39, 0.29) is 13.0 Å². The average molecular weight is 880 g/mol. The number of carboxylic acids is 1. The molecule has 0 fully saturated rings. The lowest BCUT2D eigenvalue weighted by Gasteiger charge is -2.20. The van der Waals surface area contributed by atoms with Crippen molar-refractivity contribution in [2.24, 2.45) is 5.73 Å². The molecule has 0 aliphatic heterocycles. The molecule has 0 amide bonds. The minimum Gasteiger partial charge on any atom is -0.480 e. The van der Waals surface area contributed by atoms with Gasteiger partial charge in [-0.3, -0.25) is 18.6 Å². The molecule has 0 bridgehead atoms. The summed E-state index contributed by atoms with van der Waals surface area (Å²) in [5.41, 5.74) is 5.37. The Morgan fingerprint density at radius 3 is 1.43 bits per heavy atom. The highest BCUT2D eigenvalue weighted by Gasteiger charge is 2.27. The van der Waals surface area contributed by atoms with Gasteiger partial charge in [-0.15, -0.1) is 0 Å². The highest BCUT2D eigenvalue weighted by molar-refractivity contribution is 7.47. The van der Waals surface area contributed by atoms with Crippen LogP contribution in [-0.4, -0.2) is 60.5 Å². The molecule has 3 unspecified atom stereocenters. The largest absolute Gasteiger partial charge is 0.480 e. The van der Waals surface area contributed by atoms with Gasteiger partial charge in [0.25, 0.3) is 0 Å². The molecule has 0 radical (unpaired) electrons. The van der Waals surface area contributed by atoms with Crippen molar-refractivity contribution in [3.8, 4) is 0 Å². The van der Waals surface area contributed by atoms with Gasteiger partial charge in [-0.05, 0) is 57.8 Å².